The van der Waals surface area contributed by atoms with Gasteiger partial charge in [-0.25, -0.2) is 4.57 Å². The van der Waals surface area contributed by atoms with Crippen LogP contribution >= 0.6 is 15.5 Å². The largest absolute Gasteiger partial charge is 0.766 e. The maximum Gasteiger partial charge on any atom is 0.519 e. The molecule has 2 rings (SSSR count). The van der Waals surface area contributed by atoms with E-state index in [-0.39, 0.29) is 11.5 Å². The number of benzene rings is 2. The number of hydrogen-bond acceptors (Lipinski definition) is 5. The van der Waals surface area contributed by atoms with Gasteiger partial charge < -0.3 is 18.8 Å². The second-order valence-corrected chi connectivity index (χ2v) is 7.13. The zero-order valence-corrected chi connectivity index (χ0v) is 12.4. The quantitative estimate of drug-likeness (QED) is 0.783. The molecule has 0 aliphatic heterocycles. The van der Waals surface area contributed by atoms with Crippen molar-refractivity contribution in [2.75, 3.05) is 0 Å². The van der Waals surface area contributed by atoms with Crippen LogP contribution in [0.4, 0.5) is 0 Å². The fraction of sp³-hybridized carbons (Fsp3) is 0. The van der Waals surface area contributed by atoms with Gasteiger partial charge in [0.15, 0.2) is 0 Å². The van der Waals surface area contributed by atoms with Crippen LogP contribution in [0.25, 0.3) is 0 Å². The molecule has 0 spiro atoms. The molecule has 0 fully saturated rings. The number of hydrogen-bond donors (Lipinski definition) is 2. The monoisotopic (exact) mass is 328 g/mol. The zero-order valence-electron chi connectivity index (χ0n) is 10.7. The van der Waals surface area contributed by atoms with Gasteiger partial charge in [-0.3, -0.25) is 4.57 Å². The van der Waals surface area contributed by atoms with E-state index in [0.29, 0.717) is 0 Å². The predicted octanol–water partition coefficient (Wildman–Crippen LogP) is 2.30. The Morgan fingerprint density at radius 2 is 1.24 bits per heavy atom. The maximum atomic E-state index is 12.5. The highest BCUT2D eigenvalue weighted by Crippen LogP contribution is 2.51. The van der Waals surface area contributed by atoms with Crippen molar-refractivity contribution >= 4 is 15.5 Å². The topological polar surface area (TPSA) is 108 Å². The van der Waals surface area contributed by atoms with E-state index in [2.05, 4.69) is 0 Å². The molecule has 0 aliphatic rings. The van der Waals surface area contributed by atoms with Gasteiger partial charge >= 0.3 is 7.75 Å². The molecule has 2 aromatic carbocycles. The Kier molecular flexibility index (Phi) is 4.83. The molecule has 1 unspecified atom stereocenters. The number of rotatable bonds is 6. The summed E-state index contributed by atoms with van der Waals surface area (Å²) in [5.74, 6) is 0.246. The summed E-state index contributed by atoms with van der Waals surface area (Å²) in [7, 11) is -9.43. The first-order valence-electron chi connectivity index (χ1n) is 5.79. The van der Waals surface area contributed by atoms with Gasteiger partial charge in [-0.1, -0.05) is 36.4 Å². The lowest BCUT2D eigenvalue weighted by Crippen LogP contribution is -2.21. The first kappa shape index (κ1) is 15.8. The highest BCUT2D eigenvalue weighted by molar-refractivity contribution is 7.66. The SMILES string of the molecule is O=P([O-])(O)NP(=O)(Oc1ccccc1)Oc1ccccc1. The summed E-state index contributed by atoms with van der Waals surface area (Å²) < 4.78 is 33.6. The zero-order chi connectivity index (χ0) is 15.3. The molecule has 112 valence electrons. The van der Waals surface area contributed by atoms with Crippen molar-refractivity contribution in [3.05, 3.63) is 60.7 Å². The summed E-state index contributed by atoms with van der Waals surface area (Å²) in [6, 6.07) is 15.7. The second-order valence-electron chi connectivity index (χ2n) is 3.93. The van der Waals surface area contributed by atoms with Gasteiger partial charge in [-0.15, -0.1) is 4.86 Å². The average molecular weight is 328 g/mol. The maximum absolute atomic E-state index is 12.5. The van der Waals surface area contributed by atoms with Gasteiger partial charge in [-0.05, 0) is 24.3 Å². The molecule has 0 heterocycles. The molecule has 0 saturated carbocycles. The summed E-state index contributed by atoms with van der Waals surface area (Å²) in [4.78, 5) is 21.3. The van der Waals surface area contributed by atoms with E-state index in [9.17, 15) is 14.0 Å². The summed E-state index contributed by atoms with van der Waals surface area (Å²) in [6.07, 6.45) is 0. The molecular formula is C12H12NO6P2-. The van der Waals surface area contributed by atoms with Crippen molar-refractivity contribution in [3.8, 4) is 11.5 Å². The normalized spacial score (nSPS) is 14.2. The standard InChI is InChI=1S/C12H13NO6P2/c14-20(15,16)13-21(17,18-11-7-3-1-4-8-11)19-12-9-5-2-6-10-12/h1-10H,(H3,13,14,15,16,17)/p-1. The van der Waals surface area contributed by atoms with E-state index >= 15 is 0 Å². The number of nitrogens with one attached hydrogen (secondary N) is 1. The fourth-order valence-corrected chi connectivity index (χ4v) is 3.86. The molecule has 0 bridgehead atoms. The molecule has 0 saturated heterocycles. The first-order chi connectivity index (χ1) is 9.86. The van der Waals surface area contributed by atoms with Crippen LogP contribution in [0.1, 0.15) is 0 Å². The van der Waals surface area contributed by atoms with Crippen LogP contribution in [-0.4, -0.2) is 4.89 Å². The molecule has 9 heteroatoms. The van der Waals surface area contributed by atoms with Crippen LogP contribution in [0.2, 0.25) is 0 Å². The van der Waals surface area contributed by atoms with E-state index in [1.54, 1.807) is 36.4 Å². The third kappa shape index (κ3) is 5.34. The van der Waals surface area contributed by atoms with Crippen LogP contribution in [0, 0.1) is 0 Å². The summed E-state index contributed by atoms with van der Waals surface area (Å²) >= 11 is 0. The van der Waals surface area contributed by atoms with Crippen molar-refractivity contribution in [3.63, 3.8) is 0 Å². The van der Waals surface area contributed by atoms with E-state index in [1.165, 1.54) is 29.1 Å². The third-order valence-corrected chi connectivity index (χ3v) is 5.08. The van der Waals surface area contributed by atoms with Gasteiger partial charge in [0.25, 0.3) is 0 Å². The fourth-order valence-electron chi connectivity index (χ4n) is 1.45. The van der Waals surface area contributed by atoms with Gasteiger partial charge in [-0.2, -0.15) is 0 Å². The van der Waals surface area contributed by atoms with Gasteiger partial charge in [0.1, 0.15) is 11.5 Å². The number of para-hydroxylation sites is 2. The van der Waals surface area contributed by atoms with Crippen molar-refractivity contribution < 1.29 is 28.0 Å². The lowest BCUT2D eigenvalue weighted by molar-refractivity contribution is -0.195. The van der Waals surface area contributed by atoms with E-state index in [0.717, 1.165) is 0 Å². The molecule has 2 aromatic rings. The van der Waals surface area contributed by atoms with Crippen LogP contribution in [0.5, 0.6) is 11.5 Å². The van der Waals surface area contributed by atoms with Gasteiger partial charge in [0, 0.05) is 0 Å². The van der Waals surface area contributed by atoms with Crippen LogP contribution in [0.15, 0.2) is 60.7 Å². The first-order valence-corrected chi connectivity index (χ1v) is 8.91. The van der Waals surface area contributed by atoms with Crippen molar-refractivity contribution in [2.45, 2.75) is 0 Å². The van der Waals surface area contributed by atoms with Crippen LogP contribution < -0.4 is 18.8 Å². The minimum Gasteiger partial charge on any atom is -0.766 e. The van der Waals surface area contributed by atoms with Crippen LogP contribution in [-0.2, 0) is 9.13 Å². The molecule has 2 N–H and O–H groups in total. The Balaban J connectivity index is 2.26. The summed E-state index contributed by atoms with van der Waals surface area (Å²) in [5, 5.41) is 0. The Morgan fingerprint density at radius 1 is 0.857 bits per heavy atom. The van der Waals surface area contributed by atoms with E-state index < -0.39 is 15.5 Å². The van der Waals surface area contributed by atoms with Crippen molar-refractivity contribution in [1.82, 2.24) is 4.86 Å². The molecule has 1 atom stereocenters. The summed E-state index contributed by atoms with van der Waals surface area (Å²) in [5.41, 5.74) is 0. The third-order valence-electron chi connectivity index (χ3n) is 2.19. The molecule has 0 amide bonds. The Morgan fingerprint density at radius 3 is 1.57 bits per heavy atom. The van der Waals surface area contributed by atoms with Crippen molar-refractivity contribution in [2.24, 2.45) is 0 Å². The Labute approximate surface area is 121 Å². The molecule has 7 nitrogen and oxygen atoms in total. The summed E-state index contributed by atoms with van der Waals surface area (Å²) in [6.45, 7) is 0. The lowest BCUT2D eigenvalue weighted by atomic mass is 10.3. The minimum absolute atomic E-state index is 0.123. The highest BCUT2D eigenvalue weighted by atomic mass is 31.3. The van der Waals surface area contributed by atoms with Crippen LogP contribution in [0.3, 0.4) is 0 Å². The Hall–Kier alpha value is -1.62. The predicted molar refractivity (Wildman–Crippen MR) is 74.7 cm³/mol. The molecule has 0 radical (unpaired) electrons. The van der Waals surface area contributed by atoms with E-state index in [1.807, 2.05) is 0 Å². The molecule has 21 heavy (non-hydrogen) atoms. The lowest BCUT2D eigenvalue weighted by Gasteiger charge is -2.25. The van der Waals surface area contributed by atoms with Gasteiger partial charge in [0.2, 0.25) is 7.75 Å². The Bertz CT molecular complexity index is 627. The average Bonchev–Trinajstić information content (AvgIpc) is 2.38. The second kappa shape index (κ2) is 6.43. The molecule has 0 aromatic heterocycles. The van der Waals surface area contributed by atoms with E-state index in [4.69, 9.17) is 13.9 Å². The minimum atomic E-state index is -5.07. The molecular weight excluding hydrogens is 316 g/mol. The van der Waals surface area contributed by atoms with Crippen molar-refractivity contribution in [1.29, 1.82) is 0 Å². The highest BCUT2D eigenvalue weighted by Gasteiger charge is 2.32. The smallest absolute Gasteiger partial charge is 0.519 e. The van der Waals surface area contributed by atoms with Gasteiger partial charge in [0.05, 0.1) is 0 Å². The molecule has 0 aliphatic carbocycles.